The number of aromatic carboxylic acids is 1. The Morgan fingerprint density at radius 3 is 3.00 bits per heavy atom. The monoisotopic (exact) mass is 230 g/mol. The van der Waals surface area contributed by atoms with Crippen LogP contribution in [-0.2, 0) is 6.54 Å². The van der Waals surface area contributed by atoms with Crippen LogP contribution in [-0.4, -0.2) is 26.9 Å². The van der Waals surface area contributed by atoms with Gasteiger partial charge in [-0.1, -0.05) is 12.1 Å². The Balaban J connectivity index is 2.27. The van der Waals surface area contributed by atoms with Crippen molar-refractivity contribution in [2.75, 3.05) is 0 Å². The van der Waals surface area contributed by atoms with Gasteiger partial charge in [0.2, 0.25) is 0 Å². The van der Waals surface area contributed by atoms with Gasteiger partial charge in [0.05, 0.1) is 18.1 Å². The predicted octanol–water partition coefficient (Wildman–Crippen LogP) is 1.44. The molecule has 0 aliphatic carbocycles. The van der Waals surface area contributed by atoms with Gasteiger partial charge in [-0.3, -0.25) is 4.79 Å². The highest BCUT2D eigenvalue weighted by Gasteiger charge is 2.05. The first-order valence-electron chi connectivity index (χ1n) is 4.98. The number of carboxylic acid groups (broad SMARTS) is 1. The smallest absolute Gasteiger partial charge is 0.335 e. The van der Waals surface area contributed by atoms with Crippen molar-refractivity contribution in [3.05, 3.63) is 53.6 Å². The molecule has 0 unspecified atom stereocenters. The number of rotatable bonds is 4. The van der Waals surface area contributed by atoms with E-state index in [0.29, 0.717) is 18.5 Å². The summed E-state index contributed by atoms with van der Waals surface area (Å²) in [6.45, 7) is 0.426. The molecule has 0 saturated heterocycles. The Kier molecular flexibility index (Phi) is 3.00. The molecule has 86 valence electrons. The second kappa shape index (κ2) is 4.61. The highest BCUT2D eigenvalue weighted by atomic mass is 16.4. The average molecular weight is 230 g/mol. The molecular formula is C12H10N2O3. The fraction of sp³-hybridized carbons (Fsp3) is 0.0833. The van der Waals surface area contributed by atoms with Crippen LogP contribution in [0.15, 0.2) is 36.8 Å². The lowest BCUT2D eigenvalue weighted by molar-refractivity contribution is 0.0696. The molecule has 0 radical (unpaired) electrons. The third-order valence-corrected chi connectivity index (χ3v) is 2.39. The van der Waals surface area contributed by atoms with Crippen molar-refractivity contribution in [1.29, 1.82) is 0 Å². The highest BCUT2D eigenvalue weighted by molar-refractivity contribution is 5.87. The molecule has 0 bridgehead atoms. The molecule has 1 heterocycles. The minimum Gasteiger partial charge on any atom is -0.478 e. The molecule has 5 nitrogen and oxygen atoms in total. The van der Waals surface area contributed by atoms with Gasteiger partial charge in [-0.25, -0.2) is 9.78 Å². The lowest BCUT2D eigenvalue weighted by Gasteiger charge is -2.05. The number of hydrogen-bond donors (Lipinski definition) is 1. The second-order valence-electron chi connectivity index (χ2n) is 3.57. The van der Waals surface area contributed by atoms with Gasteiger partial charge >= 0.3 is 5.97 Å². The van der Waals surface area contributed by atoms with E-state index in [1.54, 1.807) is 22.8 Å². The predicted molar refractivity (Wildman–Crippen MR) is 60.1 cm³/mol. The Morgan fingerprint density at radius 2 is 2.29 bits per heavy atom. The van der Waals surface area contributed by atoms with Crippen LogP contribution in [0.2, 0.25) is 0 Å². The molecule has 0 spiro atoms. The van der Waals surface area contributed by atoms with Crippen LogP contribution in [0.5, 0.6) is 0 Å². The largest absolute Gasteiger partial charge is 0.478 e. The van der Waals surface area contributed by atoms with Crippen LogP contribution in [0.4, 0.5) is 0 Å². The summed E-state index contributed by atoms with van der Waals surface area (Å²) < 4.78 is 1.66. The summed E-state index contributed by atoms with van der Waals surface area (Å²) in [6, 6.07) is 6.59. The van der Waals surface area contributed by atoms with Crippen LogP contribution in [0.3, 0.4) is 0 Å². The molecule has 1 aromatic heterocycles. The number of hydrogen-bond acceptors (Lipinski definition) is 3. The number of nitrogens with zero attached hydrogens (tertiary/aromatic N) is 2. The Labute approximate surface area is 97.3 Å². The minimum atomic E-state index is -0.965. The average Bonchev–Trinajstić information content (AvgIpc) is 2.76. The molecule has 0 aliphatic rings. The molecule has 2 rings (SSSR count). The number of carbonyl (C=O) groups is 2. The van der Waals surface area contributed by atoms with Gasteiger partial charge in [0.15, 0.2) is 6.29 Å². The maximum absolute atomic E-state index is 10.8. The molecular weight excluding hydrogens is 220 g/mol. The van der Waals surface area contributed by atoms with Crippen molar-refractivity contribution in [2.45, 2.75) is 6.54 Å². The molecule has 17 heavy (non-hydrogen) atoms. The van der Waals surface area contributed by atoms with Gasteiger partial charge in [0.1, 0.15) is 5.69 Å². The first-order chi connectivity index (χ1) is 8.20. The molecule has 0 atom stereocenters. The van der Waals surface area contributed by atoms with Crippen molar-refractivity contribution in [1.82, 2.24) is 9.55 Å². The van der Waals surface area contributed by atoms with Gasteiger partial charge in [0.25, 0.3) is 0 Å². The van der Waals surface area contributed by atoms with Crippen molar-refractivity contribution in [3.63, 3.8) is 0 Å². The van der Waals surface area contributed by atoms with Crippen LogP contribution in [0, 0.1) is 0 Å². The zero-order chi connectivity index (χ0) is 12.3. The van der Waals surface area contributed by atoms with Crippen LogP contribution in [0.25, 0.3) is 0 Å². The zero-order valence-electron chi connectivity index (χ0n) is 8.91. The summed E-state index contributed by atoms with van der Waals surface area (Å²) in [4.78, 5) is 25.4. The van der Waals surface area contributed by atoms with E-state index in [1.807, 2.05) is 0 Å². The number of benzene rings is 1. The first kappa shape index (κ1) is 11.1. The fourth-order valence-electron chi connectivity index (χ4n) is 1.56. The Hall–Kier alpha value is -2.43. The number of imidazole rings is 1. The van der Waals surface area contributed by atoms with E-state index in [4.69, 9.17) is 5.11 Å². The fourth-order valence-corrected chi connectivity index (χ4v) is 1.56. The molecule has 0 aliphatic heterocycles. The Bertz CT molecular complexity index is 560. The van der Waals surface area contributed by atoms with E-state index in [9.17, 15) is 9.59 Å². The van der Waals surface area contributed by atoms with Crippen LogP contribution >= 0.6 is 0 Å². The number of aromatic nitrogens is 2. The standard InChI is InChI=1S/C12H10N2O3/c15-7-11-5-13-8-14(11)6-9-2-1-3-10(4-9)12(16)17/h1-5,7-8H,6H2,(H,16,17). The van der Waals surface area contributed by atoms with Gasteiger partial charge in [-0.2, -0.15) is 0 Å². The topological polar surface area (TPSA) is 72.2 Å². The van der Waals surface area contributed by atoms with Crippen molar-refractivity contribution >= 4 is 12.3 Å². The summed E-state index contributed by atoms with van der Waals surface area (Å²) in [5.41, 5.74) is 1.51. The second-order valence-corrected chi connectivity index (χ2v) is 3.57. The molecule has 5 heteroatoms. The highest BCUT2D eigenvalue weighted by Crippen LogP contribution is 2.08. The van der Waals surface area contributed by atoms with Gasteiger partial charge in [0, 0.05) is 6.54 Å². The first-order valence-corrected chi connectivity index (χ1v) is 4.98. The van der Waals surface area contributed by atoms with Crippen molar-refractivity contribution < 1.29 is 14.7 Å². The number of carboxylic acids is 1. The molecule has 1 N–H and O–H groups in total. The maximum atomic E-state index is 10.8. The Morgan fingerprint density at radius 1 is 1.47 bits per heavy atom. The number of aldehydes is 1. The van der Waals surface area contributed by atoms with Crippen molar-refractivity contribution in [2.24, 2.45) is 0 Å². The summed E-state index contributed by atoms with van der Waals surface area (Å²) in [7, 11) is 0. The van der Waals surface area contributed by atoms with E-state index in [1.165, 1.54) is 18.6 Å². The SMILES string of the molecule is O=Cc1cncn1Cc1cccc(C(=O)O)c1. The molecule has 2 aromatic rings. The van der Waals surface area contributed by atoms with Gasteiger partial charge in [-0.15, -0.1) is 0 Å². The van der Waals surface area contributed by atoms with Crippen molar-refractivity contribution in [3.8, 4) is 0 Å². The zero-order valence-corrected chi connectivity index (χ0v) is 8.91. The molecule has 0 fully saturated rings. The summed E-state index contributed by atoms with van der Waals surface area (Å²) >= 11 is 0. The van der Waals surface area contributed by atoms with Crippen LogP contribution in [0.1, 0.15) is 26.4 Å². The normalized spacial score (nSPS) is 10.1. The summed E-state index contributed by atoms with van der Waals surface area (Å²) in [5, 5.41) is 8.86. The molecule has 0 amide bonds. The third kappa shape index (κ3) is 2.39. The van der Waals surface area contributed by atoms with E-state index < -0.39 is 5.97 Å². The molecule has 1 aromatic carbocycles. The van der Waals surface area contributed by atoms with Gasteiger partial charge in [-0.05, 0) is 17.7 Å². The minimum absolute atomic E-state index is 0.232. The third-order valence-electron chi connectivity index (χ3n) is 2.39. The summed E-state index contributed by atoms with van der Waals surface area (Å²) in [5.74, 6) is -0.965. The summed E-state index contributed by atoms with van der Waals surface area (Å²) in [6.07, 6.45) is 3.72. The lowest BCUT2D eigenvalue weighted by Crippen LogP contribution is -2.04. The van der Waals surface area contributed by atoms with E-state index in [0.717, 1.165) is 5.56 Å². The van der Waals surface area contributed by atoms with Gasteiger partial charge < -0.3 is 9.67 Å². The lowest BCUT2D eigenvalue weighted by atomic mass is 10.1. The van der Waals surface area contributed by atoms with Crippen LogP contribution < -0.4 is 0 Å². The van der Waals surface area contributed by atoms with E-state index in [2.05, 4.69) is 4.98 Å². The number of carbonyl (C=O) groups excluding carboxylic acids is 1. The van der Waals surface area contributed by atoms with E-state index in [-0.39, 0.29) is 5.56 Å². The maximum Gasteiger partial charge on any atom is 0.335 e. The molecule has 0 saturated carbocycles. The van der Waals surface area contributed by atoms with E-state index >= 15 is 0 Å². The quantitative estimate of drug-likeness (QED) is 0.807.